The molecule has 2 aliphatic carbocycles. The molecule has 1 aliphatic heterocycles. The number of amides is 2. The molecule has 2 saturated carbocycles. The Balaban J connectivity index is 1.50. The summed E-state index contributed by atoms with van der Waals surface area (Å²) in [5.41, 5.74) is 1.26. The third-order valence-electron chi connectivity index (χ3n) is 7.05. The standard InChI is InChI=1S/C23H29N7O2/c1-24-21(31)14-10-11-19(25-12-14)27-23-26-13-18-20(28-23)30(15-6-3-4-7-15)17-9-5-8-16(17)22(32)29(18)2/h10-13,15-17H,3-9H2,1-2H3,(H,24,31)(H,25,26,27,28). The van der Waals surface area contributed by atoms with Gasteiger partial charge >= 0.3 is 0 Å². The average molecular weight is 436 g/mol. The molecule has 0 saturated heterocycles. The van der Waals surface area contributed by atoms with Crippen molar-refractivity contribution in [1.29, 1.82) is 0 Å². The van der Waals surface area contributed by atoms with E-state index in [1.165, 1.54) is 19.0 Å². The lowest BCUT2D eigenvalue weighted by molar-refractivity contribution is -0.122. The van der Waals surface area contributed by atoms with Crippen LogP contribution in [-0.2, 0) is 4.79 Å². The Morgan fingerprint density at radius 1 is 1.06 bits per heavy atom. The van der Waals surface area contributed by atoms with Crippen molar-refractivity contribution in [1.82, 2.24) is 20.3 Å². The van der Waals surface area contributed by atoms with Crippen molar-refractivity contribution >= 4 is 35.1 Å². The lowest BCUT2D eigenvalue weighted by Gasteiger charge is -2.36. The van der Waals surface area contributed by atoms with Crippen LogP contribution < -0.4 is 20.4 Å². The number of fused-ring (bicyclic) bond motifs is 2. The number of hydrogen-bond donors (Lipinski definition) is 2. The smallest absolute Gasteiger partial charge is 0.252 e. The van der Waals surface area contributed by atoms with Crippen LogP contribution in [0.25, 0.3) is 0 Å². The van der Waals surface area contributed by atoms with Crippen LogP contribution in [0.1, 0.15) is 55.3 Å². The lowest BCUT2D eigenvalue weighted by Crippen LogP contribution is -2.46. The van der Waals surface area contributed by atoms with Crippen molar-refractivity contribution in [2.24, 2.45) is 5.92 Å². The van der Waals surface area contributed by atoms with Gasteiger partial charge in [0.1, 0.15) is 11.5 Å². The van der Waals surface area contributed by atoms with E-state index < -0.39 is 0 Å². The summed E-state index contributed by atoms with van der Waals surface area (Å²) in [4.78, 5) is 42.9. The van der Waals surface area contributed by atoms with Crippen molar-refractivity contribution in [3.8, 4) is 0 Å². The van der Waals surface area contributed by atoms with Gasteiger partial charge in [0, 0.05) is 32.4 Å². The fraction of sp³-hybridized carbons (Fsp3) is 0.522. The number of carbonyl (C=O) groups is 2. The minimum absolute atomic E-state index is 0.0186. The summed E-state index contributed by atoms with van der Waals surface area (Å²) in [5.74, 6) is 1.83. The highest BCUT2D eigenvalue weighted by Gasteiger charge is 2.45. The molecule has 5 rings (SSSR count). The number of pyridine rings is 1. The van der Waals surface area contributed by atoms with E-state index in [1.807, 2.05) is 7.05 Å². The molecule has 2 N–H and O–H groups in total. The van der Waals surface area contributed by atoms with Gasteiger partial charge in [0.15, 0.2) is 5.82 Å². The van der Waals surface area contributed by atoms with Crippen molar-refractivity contribution in [3.05, 3.63) is 30.1 Å². The van der Waals surface area contributed by atoms with E-state index in [4.69, 9.17) is 4.98 Å². The zero-order chi connectivity index (χ0) is 22.2. The minimum atomic E-state index is -0.184. The predicted octanol–water partition coefficient (Wildman–Crippen LogP) is 2.87. The van der Waals surface area contributed by atoms with Gasteiger partial charge < -0.3 is 20.4 Å². The number of rotatable bonds is 4. The van der Waals surface area contributed by atoms with Crippen molar-refractivity contribution in [2.45, 2.75) is 57.0 Å². The van der Waals surface area contributed by atoms with Crippen molar-refractivity contribution < 1.29 is 9.59 Å². The number of nitrogens with one attached hydrogen (secondary N) is 2. The summed E-state index contributed by atoms with van der Waals surface area (Å²) < 4.78 is 0. The van der Waals surface area contributed by atoms with Crippen LogP contribution in [0.4, 0.5) is 23.3 Å². The quantitative estimate of drug-likeness (QED) is 0.761. The SMILES string of the molecule is CNC(=O)c1ccc(Nc2ncc3c(n2)N(C2CCCC2)C2CCCC2C(=O)N3C)nc1. The van der Waals surface area contributed by atoms with Gasteiger partial charge in [-0.05, 0) is 37.8 Å². The molecular formula is C23H29N7O2. The molecule has 2 aromatic heterocycles. The van der Waals surface area contributed by atoms with E-state index >= 15 is 0 Å². The zero-order valence-electron chi connectivity index (χ0n) is 18.5. The van der Waals surface area contributed by atoms with Crippen LogP contribution in [0.15, 0.2) is 24.5 Å². The second-order valence-electron chi connectivity index (χ2n) is 8.89. The lowest BCUT2D eigenvalue weighted by atomic mass is 9.99. The molecule has 9 nitrogen and oxygen atoms in total. The molecule has 2 aromatic rings. The van der Waals surface area contributed by atoms with E-state index in [9.17, 15) is 9.59 Å². The van der Waals surface area contributed by atoms with Crippen molar-refractivity contribution in [3.63, 3.8) is 0 Å². The number of anilines is 4. The van der Waals surface area contributed by atoms with Crippen LogP contribution in [0.5, 0.6) is 0 Å². The Hall–Kier alpha value is -3.23. The predicted molar refractivity (Wildman–Crippen MR) is 122 cm³/mol. The number of hydrogen-bond acceptors (Lipinski definition) is 7. The summed E-state index contributed by atoms with van der Waals surface area (Å²) in [6.07, 6.45) is 11.0. The minimum Gasteiger partial charge on any atom is -0.355 e. The van der Waals surface area contributed by atoms with Gasteiger partial charge in [-0.2, -0.15) is 4.98 Å². The molecule has 9 heteroatoms. The Bertz CT molecular complexity index is 1020. The van der Waals surface area contributed by atoms with Crippen molar-refractivity contribution in [2.75, 3.05) is 29.2 Å². The summed E-state index contributed by atoms with van der Waals surface area (Å²) in [6, 6.07) is 4.04. The number of aromatic nitrogens is 3. The molecule has 0 spiro atoms. The molecule has 2 unspecified atom stereocenters. The molecule has 0 radical (unpaired) electrons. The largest absolute Gasteiger partial charge is 0.355 e. The van der Waals surface area contributed by atoms with E-state index in [2.05, 4.69) is 25.5 Å². The molecule has 2 fully saturated rings. The second kappa shape index (κ2) is 8.37. The third-order valence-corrected chi connectivity index (χ3v) is 7.05. The van der Waals surface area contributed by atoms with Crippen LogP contribution >= 0.6 is 0 Å². The number of carbonyl (C=O) groups excluding carboxylic acids is 2. The second-order valence-corrected chi connectivity index (χ2v) is 8.89. The molecule has 0 bridgehead atoms. The maximum absolute atomic E-state index is 13.2. The first-order valence-corrected chi connectivity index (χ1v) is 11.4. The Kier molecular flexibility index (Phi) is 5.40. The first-order valence-electron chi connectivity index (χ1n) is 11.4. The molecule has 3 heterocycles. The third kappa shape index (κ3) is 3.55. The van der Waals surface area contributed by atoms with Gasteiger partial charge in [0.2, 0.25) is 11.9 Å². The first kappa shape index (κ1) is 20.7. The average Bonchev–Trinajstić information content (AvgIpc) is 3.50. The molecule has 168 valence electrons. The molecule has 32 heavy (non-hydrogen) atoms. The summed E-state index contributed by atoms with van der Waals surface area (Å²) >= 11 is 0. The molecular weight excluding hydrogens is 406 g/mol. The van der Waals surface area contributed by atoms with Gasteiger partial charge in [-0.1, -0.05) is 19.3 Å². The normalized spacial score (nSPS) is 23.0. The Morgan fingerprint density at radius 3 is 2.59 bits per heavy atom. The fourth-order valence-electron chi connectivity index (χ4n) is 5.43. The van der Waals surface area contributed by atoms with Crippen LogP contribution in [0.2, 0.25) is 0 Å². The summed E-state index contributed by atoms with van der Waals surface area (Å²) in [7, 11) is 3.43. The highest BCUT2D eigenvalue weighted by Crippen LogP contribution is 2.44. The van der Waals surface area contributed by atoms with Gasteiger partial charge in [0.05, 0.1) is 17.7 Å². The highest BCUT2D eigenvalue weighted by molar-refractivity contribution is 5.99. The maximum Gasteiger partial charge on any atom is 0.252 e. The molecule has 3 aliphatic rings. The van der Waals surface area contributed by atoms with E-state index in [0.29, 0.717) is 23.4 Å². The molecule has 2 atom stereocenters. The Labute approximate surface area is 187 Å². The first-order chi connectivity index (χ1) is 15.6. The molecule has 2 amide bonds. The van der Waals surface area contributed by atoms with Gasteiger partial charge in [0.25, 0.3) is 5.91 Å². The highest BCUT2D eigenvalue weighted by atomic mass is 16.2. The Morgan fingerprint density at radius 2 is 1.88 bits per heavy atom. The van der Waals surface area contributed by atoms with Crippen LogP contribution in [-0.4, -0.2) is 52.9 Å². The monoisotopic (exact) mass is 435 g/mol. The van der Waals surface area contributed by atoms with E-state index in [-0.39, 0.29) is 23.8 Å². The summed E-state index contributed by atoms with van der Waals surface area (Å²) in [5, 5.41) is 5.75. The van der Waals surface area contributed by atoms with Gasteiger partial charge in [-0.15, -0.1) is 0 Å². The van der Waals surface area contributed by atoms with E-state index in [1.54, 1.807) is 30.3 Å². The van der Waals surface area contributed by atoms with Crippen LogP contribution in [0, 0.1) is 5.92 Å². The number of nitrogens with zero attached hydrogens (tertiary/aromatic N) is 5. The zero-order valence-corrected chi connectivity index (χ0v) is 18.5. The van der Waals surface area contributed by atoms with Crippen LogP contribution in [0.3, 0.4) is 0 Å². The maximum atomic E-state index is 13.2. The topological polar surface area (TPSA) is 103 Å². The van der Waals surface area contributed by atoms with Gasteiger partial charge in [-0.25, -0.2) is 9.97 Å². The van der Waals surface area contributed by atoms with E-state index in [0.717, 1.165) is 43.6 Å². The fourth-order valence-corrected chi connectivity index (χ4v) is 5.43. The molecule has 0 aromatic carbocycles. The summed E-state index contributed by atoms with van der Waals surface area (Å²) in [6.45, 7) is 0. The van der Waals surface area contributed by atoms with Gasteiger partial charge in [-0.3, -0.25) is 9.59 Å².